The van der Waals surface area contributed by atoms with Crippen LogP contribution in [0.15, 0.2) is 30.3 Å². The number of amides is 3. The number of hydrogen-bond acceptors (Lipinski definition) is 5. The summed E-state index contributed by atoms with van der Waals surface area (Å²) in [5, 5.41) is 16.5. The highest BCUT2D eigenvalue weighted by atomic mass is 16.5. The van der Waals surface area contributed by atoms with Crippen LogP contribution in [-0.4, -0.2) is 64.2 Å². The van der Waals surface area contributed by atoms with Gasteiger partial charge in [0.1, 0.15) is 11.6 Å². The molecule has 3 aliphatic rings. The van der Waals surface area contributed by atoms with E-state index in [0.29, 0.717) is 19.5 Å². The molecule has 3 amide bonds. The molecular formula is C30H45N3O5. The van der Waals surface area contributed by atoms with Crippen molar-refractivity contribution in [2.75, 3.05) is 13.2 Å². The topological polar surface area (TPSA) is 108 Å². The lowest BCUT2D eigenvalue weighted by molar-refractivity contribution is -0.152. The van der Waals surface area contributed by atoms with Crippen molar-refractivity contribution in [2.45, 2.75) is 96.6 Å². The van der Waals surface area contributed by atoms with Gasteiger partial charge < -0.3 is 25.4 Å². The molecule has 3 saturated heterocycles. The summed E-state index contributed by atoms with van der Waals surface area (Å²) in [4.78, 5) is 43.5. The maximum absolute atomic E-state index is 14.3. The quantitative estimate of drug-likeness (QED) is 0.362. The molecule has 1 aromatic carbocycles. The summed E-state index contributed by atoms with van der Waals surface area (Å²) >= 11 is 0. The smallest absolute Gasteiger partial charge is 0.245 e. The van der Waals surface area contributed by atoms with Crippen LogP contribution in [0.2, 0.25) is 0 Å². The molecule has 4 rings (SSSR count). The number of nitrogens with one attached hydrogen (secondary N) is 2. The van der Waals surface area contributed by atoms with Gasteiger partial charge in [0, 0.05) is 13.1 Å². The molecule has 0 saturated carbocycles. The van der Waals surface area contributed by atoms with Crippen LogP contribution >= 0.6 is 0 Å². The molecule has 3 heterocycles. The third-order valence-electron chi connectivity index (χ3n) is 9.52. The number of unbranched alkanes of at least 4 members (excludes halogenated alkanes) is 2. The molecule has 0 aromatic heterocycles. The predicted octanol–water partition coefficient (Wildman–Crippen LogP) is 3.03. The van der Waals surface area contributed by atoms with Gasteiger partial charge in [-0.2, -0.15) is 0 Å². The first-order chi connectivity index (χ1) is 18.2. The van der Waals surface area contributed by atoms with Crippen molar-refractivity contribution < 1.29 is 24.2 Å². The number of nitrogens with zero attached hydrogens (tertiary/aromatic N) is 1. The van der Waals surface area contributed by atoms with E-state index in [1.54, 1.807) is 4.90 Å². The van der Waals surface area contributed by atoms with Gasteiger partial charge in [0.15, 0.2) is 0 Å². The Bertz CT molecular complexity index is 1020. The van der Waals surface area contributed by atoms with E-state index in [0.717, 1.165) is 31.2 Å². The molecule has 3 fully saturated rings. The first-order valence-electron chi connectivity index (χ1n) is 14.4. The molecule has 3 unspecified atom stereocenters. The lowest BCUT2D eigenvalue weighted by Crippen LogP contribution is -2.59. The van der Waals surface area contributed by atoms with Gasteiger partial charge in [-0.1, -0.05) is 77.3 Å². The fourth-order valence-corrected chi connectivity index (χ4v) is 7.13. The lowest BCUT2D eigenvalue weighted by atomic mass is 9.62. The number of rotatable bonds is 12. The molecule has 2 bridgehead atoms. The summed E-state index contributed by atoms with van der Waals surface area (Å²) < 4.78 is 6.77. The van der Waals surface area contributed by atoms with E-state index >= 15 is 0 Å². The molecule has 1 spiro atoms. The number of aliphatic hydroxyl groups is 1. The number of aliphatic hydroxyl groups excluding tert-OH is 1. The SMILES string of the molecule is CCCCCNC(=O)C1N([C@@H](CO)[C@@H](C)CC)C(=O)[C@@H]2[C@H](C(=O)NCc3ccccc3)[C@@]3(C)OC12CC3C. The minimum atomic E-state index is -1.10. The second-order valence-corrected chi connectivity index (χ2v) is 11.8. The maximum Gasteiger partial charge on any atom is 0.245 e. The fourth-order valence-electron chi connectivity index (χ4n) is 7.13. The Morgan fingerprint density at radius 2 is 1.87 bits per heavy atom. The van der Waals surface area contributed by atoms with E-state index in [1.807, 2.05) is 58.0 Å². The van der Waals surface area contributed by atoms with E-state index in [1.165, 1.54) is 0 Å². The van der Waals surface area contributed by atoms with Crippen LogP contribution in [0.1, 0.15) is 72.3 Å². The van der Waals surface area contributed by atoms with Crippen LogP contribution in [0, 0.1) is 23.7 Å². The third-order valence-corrected chi connectivity index (χ3v) is 9.52. The number of benzene rings is 1. The van der Waals surface area contributed by atoms with Crippen LogP contribution < -0.4 is 10.6 Å². The standard InChI is InChI=1S/C30H45N3O5/c1-6-8-12-15-31-27(36)25-30-16-20(4)29(5,38-30)23(26(35)32-17-21-13-10-9-11-14-21)24(30)28(37)33(25)22(18-34)19(3)7-2/h9-11,13-14,19-20,22-25,34H,6-8,12,15-18H2,1-5H3,(H,31,36)(H,32,35)/t19-,20?,22-,23+,24-,25?,29-,30?/m0/s1. The van der Waals surface area contributed by atoms with Gasteiger partial charge in [-0.15, -0.1) is 0 Å². The van der Waals surface area contributed by atoms with Gasteiger partial charge in [-0.3, -0.25) is 14.4 Å². The molecule has 3 N–H and O–H groups in total. The molecule has 1 aromatic rings. The highest BCUT2D eigenvalue weighted by Gasteiger charge is 2.80. The maximum atomic E-state index is 14.3. The summed E-state index contributed by atoms with van der Waals surface area (Å²) in [6.45, 7) is 10.7. The fraction of sp³-hybridized carbons (Fsp3) is 0.700. The Labute approximate surface area is 226 Å². The van der Waals surface area contributed by atoms with E-state index < -0.39 is 35.1 Å². The predicted molar refractivity (Wildman–Crippen MR) is 145 cm³/mol. The Hall–Kier alpha value is -2.45. The van der Waals surface area contributed by atoms with E-state index in [2.05, 4.69) is 17.6 Å². The van der Waals surface area contributed by atoms with Gasteiger partial charge in [0.05, 0.1) is 30.1 Å². The molecule has 0 radical (unpaired) electrons. The summed E-state index contributed by atoms with van der Waals surface area (Å²) in [5.74, 6) is -2.27. The van der Waals surface area contributed by atoms with Gasteiger partial charge in [0.2, 0.25) is 17.7 Å². The number of carbonyl (C=O) groups excluding carboxylic acids is 3. The van der Waals surface area contributed by atoms with Gasteiger partial charge in [-0.05, 0) is 37.2 Å². The normalized spacial score (nSPS) is 33.2. The summed E-state index contributed by atoms with van der Waals surface area (Å²) in [6, 6.07) is 8.25. The zero-order valence-electron chi connectivity index (χ0n) is 23.5. The third kappa shape index (κ3) is 4.64. The molecule has 38 heavy (non-hydrogen) atoms. The number of carbonyl (C=O) groups is 3. The van der Waals surface area contributed by atoms with Crippen molar-refractivity contribution in [1.82, 2.24) is 15.5 Å². The number of fused-ring (bicyclic) bond motifs is 1. The number of likely N-dealkylation sites (tertiary alicyclic amines) is 1. The Balaban J connectivity index is 1.70. The van der Waals surface area contributed by atoms with Crippen LogP contribution in [0.25, 0.3) is 0 Å². The summed E-state index contributed by atoms with van der Waals surface area (Å²) in [5.41, 5.74) is -0.993. The Morgan fingerprint density at radius 1 is 1.16 bits per heavy atom. The average molecular weight is 528 g/mol. The molecule has 3 aliphatic heterocycles. The Kier molecular flexibility index (Phi) is 8.52. The van der Waals surface area contributed by atoms with Crippen molar-refractivity contribution in [3.05, 3.63) is 35.9 Å². The number of ether oxygens (including phenoxy) is 1. The summed E-state index contributed by atoms with van der Waals surface area (Å²) in [7, 11) is 0. The van der Waals surface area contributed by atoms with Crippen molar-refractivity contribution in [3.63, 3.8) is 0 Å². The highest BCUT2D eigenvalue weighted by Crippen LogP contribution is 2.65. The van der Waals surface area contributed by atoms with Crippen LogP contribution in [0.3, 0.4) is 0 Å². The van der Waals surface area contributed by atoms with Crippen LogP contribution in [0.5, 0.6) is 0 Å². The average Bonchev–Trinajstić information content (AvgIpc) is 3.43. The van der Waals surface area contributed by atoms with Gasteiger partial charge >= 0.3 is 0 Å². The van der Waals surface area contributed by atoms with Crippen LogP contribution in [0.4, 0.5) is 0 Å². The second kappa shape index (κ2) is 11.3. The molecular weight excluding hydrogens is 482 g/mol. The Morgan fingerprint density at radius 3 is 2.50 bits per heavy atom. The number of hydrogen-bond donors (Lipinski definition) is 3. The molecule has 8 heteroatoms. The molecule has 8 atom stereocenters. The van der Waals surface area contributed by atoms with Crippen LogP contribution in [-0.2, 0) is 25.7 Å². The van der Waals surface area contributed by atoms with E-state index in [9.17, 15) is 19.5 Å². The van der Waals surface area contributed by atoms with E-state index in [4.69, 9.17) is 4.74 Å². The monoisotopic (exact) mass is 527 g/mol. The molecule has 0 aliphatic carbocycles. The van der Waals surface area contributed by atoms with Crippen molar-refractivity contribution in [1.29, 1.82) is 0 Å². The van der Waals surface area contributed by atoms with Crippen molar-refractivity contribution in [3.8, 4) is 0 Å². The van der Waals surface area contributed by atoms with Gasteiger partial charge in [0.25, 0.3) is 0 Å². The lowest BCUT2D eigenvalue weighted by Gasteiger charge is -2.39. The zero-order chi connectivity index (χ0) is 27.7. The first kappa shape index (κ1) is 28.6. The molecule has 210 valence electrons. The highest BCUT2D eigenvalue weighted by molar-refractivity contribution is 5.99. The van der Waals surface area contributed by atoms with E-state index in [-0.39, 0.29) is 36.2 Å². The molecule has 8 nitrogen and oxygen atoms in total. The zero-order valence-corrected chi connectivity index (χ0v) is 23.5. The second-order valence-electron chi connectivity index (χ2n) is 11.8. The minimum Gasteiger partial charge on any atom is -0.394 e. The van der Waals surface area contributed by atoms with Gasteiger partial charge in [-0.25, -0.2) is 0 Å². The summed E-state index contributed by atoms with van der Waals surface area (Å²) in [6.07, 6.45) is 4.16. The van der Waals surface area contributed by atoms with Crippen molar-refractivity contribution in [2.24, 2.45) is 23.7 Å². The minimum absolute atomic E-state index is 0.0226. The first-order valence-corrected chi connectivity index (χ1v) is 14.4. The largest absolute Gasteiger partial charge is 0.394 e. The van der Waals surface area contributed by atoms with Crippen molar-refractivity contribution >= 4 is 17.7 Å².